The maximum Gasteiger partial charge on any atom is 0.248 e. The molecule has 0 amide bonds. The minimum absolute atomic E-state index is 0.200. The highest BCUT2D eigenvalue weighted by Crippen LogP contribution is 2.31. The molecule has 0 aliphatic heterocycles. The summed E-state index contributed by atoms with van der Waals surface area (Å²) in [5.41, 5.74) is 8.53. The van der Waals surface area contributed by atoms with Crippen molar-refractivity contribution >= 4 is 17.6 Å². The Labute approximate surface area is 167 Å². The number of rotatable bonds is 6. The van der Waals surface area contributed by atoms with E-state index in [0.717, 1.165) is 16.9 Å². The van der Waals surface area contributed by atoms with Crippen LogP contribution in [0, 0.1) is 0 Å². The largest absolute Gasteiger partial charge is 0.493 e. The Balaban J connectivity index is 1.62. The molecule has 29 heavy (non-hydrogen) atoms. The molecule has 0 radical (unpaired) electrons. The van der Waals surface area contributed by atoms with Crippen molar-refractivity contribution in [2.24, 2.45) is 0 Å². The zero-order valence-electron chi connectivity index (χ0n) is 15.9. The maximum absolute atomic E-state index is 6.06. The van der Waals surface area contributed by atoms with Crippen LogP contribution >= 0.6 is 0 Å². The molecule has 146 valence electrons. The fraction of sp³-hybridized carbons (Fsp3) is 0.100. The highest BCUT2D eigenvalue weighted by Gasteiger charge is 2.13. The maximum atomic E-state index is 6.06. The van der Waals surface area contributed by atoms with Gasteiger partial charge in [-0.1, -0.05) is 30.3 Å². The molecule has 2 aromatic heterocycles. The van der Waals surface area contributed by atoms with E-state index in [0.29, 0.717) is 23.3 Å². The number of nitrogens with two attached hydrogens (primary N) is 1. The lowest BCUT2D eigenvalue weighted by Gasteiger charge is -2.09. The average Bonchev–Trinajstić information content (AvgIpc) is 3.14. The van der Waals surface area contributed by atoms with Crippen LogP contribution in [0.1, 0.15) is 0 Å². The molecule has 0 aliphatic rings. The van der Waals surface area contributed by atoms with Crippen LogP contribution in [0.4, 0.5) is 17.6 Å². The number of hydrogen-bond donors (Lipinski definition) is 2. The van der Waals surface area contributed by atoms with E-state index in [-0.39, 0.29) is 5.95 Å². The predicted octanol–water partition coefficient (Wildman–Crippen LogP) is 3.07. The Bertz CT molecular complexity index is 1130. The Morgan fingerprint density at radius 1 is 0.931 bits per heavy atom. The van der Waals surface area contributed by atoms with Gasteiger partial charge in [-0.25, -0.2) is 9.97 Å². The number of nitrogens with one attached hydrogen (secondary N) is 1. The van der Waals surface area contributed by atoms with Crippen LogP contribution in [0.5, 0.6) is 11.5 Å². The third-order valence-electron chi connectivity index (χ3n) is 4.21. The Morgan fingerprint density at radius 3 is 2.48 bits per heavy atom. The van der Waals surface area contributed by atoms with Crippen molar-refractivity contribution in [3.05, 3.63) is 60.9 Å². The van der Waals surface area contributed by atoms with Crippen molar-refractivity contribution in [2.75, 3.05) is 25.3 Å². The van der Waals surface area contributed by atoms with E-state index >= 15 is 0 Å². The van der Waals surface area contributed by atoms with Gasteiger partial charge in [0.25, 0.3) is 0 Å². The number of anilines is 3. The molecule has 0 saturated carbocycles. The second-order valence-electron chi connectivity index (χ2n) is 6.03. The lowest BCUT2D eigenvalue weighted by Crippen LogP contribution is -2.05. The molecule has 0 spiro atoms. The van der Waals surface area contributed by atoms with E-state index in [2.05, 4.69) is 25.4 Å². The summed E-state index contributed by atoms with van der Waals surface area (Å²) in [6.07, 6.45) is 1.47. The predicted molar refractivity (Wildman–Crippen MR) is 110 cm³/mol. The van der Waals surface area contributed by atoms with Crippen molar-refractivity contribution in [3.8, 4) is 28.6 Å². The topological polar surface area (TPSA) is 113 Å². The van der Waals surface area contributed by atoms with Gasteiger partial charge in [0, 0.05) is 23.4 Å². The third-order valence-corrected chi connectivity index (χ3v) is 4.21. The van der Waals surface area contributed by atoms with Crippen LogP contribution < -0.4 is 20.5 Å². The van der Waals surface area contributed by atoms with Crippen LogP contribution in [0.15, 0.2) is 60.9 Å². The van der Waals surface area contributed by atoms with Gasteiger partial charge in [-0.2, -0.15) is 9.67 Å². The molecule has 0 atom stereocenters. The molecule has 4 rings (SSSR count). The van der Waals surface area contributed by atoms with Gasteiger partial charge in [-0.3, -0.25) is 0 Å². The average molecular weight is 389 g/mol. The molecule has 0 aliphatic carbocycles. The third kappa shape index (κ3) is 3.79. The van der Waals surface area contributed by atoms with Crippen molar-refractivity contribution in [2.45, 2.75) is 0 Å². The molecular weight excluding hydrogens is 370 g/mol. The van der Waals surface area contributed by atoms with Crippen LogP contribution in [0.2, 0.25) is 0 Å². The monoisotopic (exact) mass is 389 g/mol. The first-order chi connectivity index (χ1) is 14.2. The number of aromatic nitrogens is 5. The van der Waals surface area contributed by atoms with E-state index < -0.39 is 0 Å². The highest BCUT2D eigenvalue weighted by molar-refractivity contribution is 5.62. The highest BCUT2D eigenvalue weighted by atomic mass is 16.5. The quantitative estimate of drug-likeness (QED) is 0.517. The SMILES string of the molecule is COc1ccc(Nc2nc(N)n(-c3cc(-c4ccccc4)ncn3)n2)cc1OC. The summed E-state index contributed by atoms with van der Waals surface area (Å²) in [5, 5.41) is 7.52. The first-order valence-corrected chi connectivity index (χ1v) is 8.77. The summed E-state index contributed by atoms with van der Waals surface area (Å²) in [6, 6.07) is 17.0. The van der Waals surface area contributed by atoms with Gasteiger partial charge in [-0.05, 0) is 12.1 Å². The second-order valence-corrected chi connectivity index (χ2v) is 6.03. The number of nitrogens with zero attached hydrogens (tertiary/aromatic N) is 5. The first kappa shape index (κ1) is 18.2. The Morgan fingerprint density at radius 2 is 1.72 bits per heavy atom. The molecule has 4 aromatic rings. The minimum Gasteiger partial charge on any atom is -0.493 e. The van der Waals surface area contributed by atoms with Gasteiger partial charge in [-0.15, -0.1) is 5.10 Å². The van der Waals surface area contributed by atoms with Crippen molar-refractivity contribution in [1.29, 1.82) is 0 Å². The van der Waals surface area contributed by atoms with Gasteiger partial charge in [0.2, 0.25) is 11.9 Å². The Hall–Kier alpha value is -4.14. The van der Waals surface area contributed by atoms with Crippen LogP contribution in [-0.2, 0) is 0 Å². The summed E-state index contributed by atoms with van der Waals surface area (Å²) in [6.45, 7) is 0. The first-order valence-electron chi connectivity index (χ1n) is 8.77. The van der Waals surface area contributed by atoms with Crippen LogP contribution in [0.25, 0.3) is 17.1 Å². The standard InChI is InChI=1S/C20H19N7O2/c1-28-16-9-8-14(10-17(16)29-2)24-20-25-19(21)27(26-20)18-11-15(22-12-23-18)13-6-4-3-5-7-13/h3-12H,1-2H3,(H3,21,24,25,26). The van der Waals surface area contributed by atoms with E-state index in [1.165, 1.54) is 11.0 Å². The van der Waals surface area contributed by atoms with Gasteiger partial charge in [0.1, 0.15) is 6.33 Å². The molecule has 0 unspecified atom stereocenters. The van der Waals surface area contributed by atoms with Gasteiger partial charge < -0.3 is 20.5 Å². The number of ether oxygens (including phenoxy) is 2. The van der Waals surface area contributed by atoms with Crippen molar-refractivity contribution in [3.63, 3.8) is 0 Å². The smallest absolute Gasteiger partial charge is 0.248 e. The summed E-state index contributed by atoms with van der Waals surface area (Å²) < 4.78 is 12.0. The van der Waals surface area contributed by atoms with Gasteiger partial charge >= 0.3 is 0 Å². The molecular formula is C20H19N7O2. The van der Waals surface area contributed by atoms with Gasteiger partial charge in [0.05, 0.1) is 19.9 Å². The molecule has 9 nitrogen and oxygen atoms in total. The zero-order valence-corrected chi connectivity index (χ0v) is 15.9. The van der Waals surface area contributed by atoms with E-state index in [4.69, 9.17) is 15.2 Å². The number of benzene rings is 2. The van der Waals surface area contributed by atoms with Crippen molar-refractivity contribution in [1.82, 2.24) is 24.7 Å². The molecule has 0 saturated heterocycles. The Kier molecular flexibility index (Phi) is 4.93. The molecule has 0 fully saturated rings. The van der Waals surface area contributed by atoms with Crippen LogP contribution in [0.3, 0.4) is 0 Å². The van der Waals surface area contributed by atoms with E-state index in [9.17, 15) is 0 Å². The number of methoxy groups -OCH3 is 2. The fourth-order valence-corrected chi connectivity index (χ4v) is 2.82. The summed E-state index contributed by atoms with van der Waals surface area (Å²) in [4.78, 5) is 12.9. The van der Waals surface area contributed by atoms with Crippen LogP contribution in [-0.4, -0.2) is 39.0 Å². The lowest BCUT2D eigenvalue weighted by molar-refractivity contribution is 0.355. The summed E-state index contributed by atoms with van der Waals surface area (Å²) >= 11 is 0. The molecule has 0 bridgehead atoms. The number of nitrogen functional groups attached to an aromatic ring is 1. The molecule has 9 heteroatoms. The molecule has 3 N–H and O–H groups in total. The fourth-order valence-electron chi connectivity index (χ4n) is 2.82. The van der Waals surface area contributed by atoms with Gasteiger partial charge in [0.15, 0.2) is 17.3 Å². The van der Waals surface area contributed by atoms with E-state index in [1.54, 1.807) is 32.4 Å². The normalized spacial score (nSPS) is 10.6. The minimum atomic E-state index is 0.200. The molecule has 2 heterocycles. The second kappa shape index (κ2) is 7.85. The van der Waals surface area contributed by atoms with Crippen molar-refractivity contribution < 1.29 is 9.47 Å². The number of hydrogen-bond acceptors (Lipinski definition) is 8. The zero-order chi connectivity index (χ0) is 20.2. The molecule has 2 aromatic carbocycles. The lowest BCUT2D eigenvalue weighted by atomic mass is 10.1. The van der Waals surface area contributed by atoms with E-state index in [1.807, 2.05) is 36.4 Å². The summed E-state index contributed by atoms with van der Waals surface area (Å²) in [5.74, 6) is 2.27. The summed E-state index contributed by atoms with van der Waals surface area (Å²) in [7, 11) is 3.16.